The Morgan fingerprint density at radius 1 is 0.810 bits per heavy atom. The number of benzene rings is 2. The lowest BCUT2D eigenvalue weighted by atomic mass is 9.88. The lowest BCUT2D eigenvalue weighted by molar-refractivity contribution is -0.119. The summed E-state index contributed by atoms with van der Waals surface area (Å²) in [5, 5.41) is 0. The molecule has 21 heavy (non-hydrogen) atoms. The normalized spacial score (nSPS) is 22.9. The molecule has 2 aromatic carbocycles. The lowest BCUT2D eigenvalue weighted by Gasteiger charge is -2.15. The van der Waals surface area contributed by atoms with Crippen LogP contribution in [-0.2, 0) is 4.79 Å². The van der Waals surface area contributed by atoms with E-state index in [1.165, 1.54) is 22.3 Å². The molecule has 102 valence electrons. The van der Waals surface area contributed by atoms with Crippen LogP contribution in [0.4, 0.5) is 0 Å². The topological polar surface area (TPSA) is 17.1 Å². The molecule has 2 atom stereocenters. The summed E-state index contributed by atoms with van der Waals surface area (Å²) in [6.07, 6.45) is 4.95. The van der Waals surface area contributed by atoms with Gasteiger partial charge in [-0.15, -0.1) is 0 Å². The van der Waals surface area contributed by atoms with Crippen molar-refractivity contribution in [1.29, 1.82) is 0 Å². The van der Waals surface area contributed by atoms with Crippen molar-refractivity contribution in [3.63, 3.8) is 0 Å². The van der Waals surface area contributed by atoms with Crippen LogP contribution in [0.2, 0.25) is 0 Å². The Hall–Kier alpha value is -2.41. The first-order valence-corrected chi connectivity index (χ1v) is 7.40. The van der Waals surface area contributed by atoms with E-state index in [9.17, 15) is 4.79 Å². The van der Waals surface area contributed by atoms with E-state index in [4.69, 9.17) is 0 Å². The number of hydrogen-bond donors (Lipinski definition) is 0. The summed E-state index contributed by atoms with van der Waals surface area (Å²) in [4.78, 5) is 12.1. The third kappa shape index (κ3) is 1.97. The molecule has 2 bridgehead atoms. The fraction of sp³-hybridized carbons (Fsp3) is 0.150. The molecule has 0 spiro atoms. The Morgan fingerprint density at radius 3 is 1.81 bits per heavy atom. The third-order valence-corrected chi connectivity index (χ3v) is 4.45. The second-order valence-corrected chi connectivity index (χ2v) is 5.70. The van der Waals surface area contributed by atoms with Crippen LogP contribution in [0.1, 0.15) is 17.5 Å². The summed E-state index contributed by atoms with van der Waals surface area (Å²) < 4.78 is 0. The maximum Gasteiger partial charge on any atom is 0.144 e. The van der Waals surface area contributed by atoms with E-state index in [0.717, 1.165) is 0 Å². The van der Waals surface area contributed by atoms with Gasteiger partial charge in [0, 0.05) is 12.3 Å². The number of carbonyl (C=O) groups is 1. The first-order chi connectivity index (χ1) is 10.3. The fourth-order valence-corrected chi connectivity index (χ4v) is 3.54. The van der Waals surface area contributed by atoms with E-state index in [0.29, 0.717) is 12.2 Å². The molecule has 1 saturated carbocycles. The van der Waals surface area contributed by atoms with E-state index in [-0.39, 0.29) is 11.8 Å². The van der Waals surface area contributed by atoms with Crippen molar-refractivity contribution in [2.45, 2.75) is 6.42 Å². The van der Waals surface area contributed by atoms with Crippen LogP contribution in [0.15, 0.2) is 78.4 Å². The summed E-state index contributed by atoms with van der Waals surface area (Å²) in [7, 11) is 0. The highest BCUT2D eigenvalue weighted by molar-refractivity contribution is 5.97. The molecule has 0 saturated heterocycles. The van der Waals surface area contributed by atoms with Crippen LogP contribution in [0.25, 0.3) is 5.57 Å². The highest BCUT2D eigenvalue weighted by Gasteiger charge is 2.41. The zero-order valence-corrected chi connectivity index (χ0v) is 11.7. The highest BCUT2D eigenvalue weighted by Crippen LogP contribution is 2.47. The molecule has 0 amide bonds. The first-order valence-electron chi connectivity index (χ1n) is 7.40. The van der Waals surface area contributed by atoms with Gasteiger partial charge in [0.15, 0.2) is 0 Å². The molecule has 1 heteroatoms. The maximum absolute atomic E-state index is 12.1. The van der Waals surface area contributed by atoms with Gasteiger partial charge in [-0.2, -0.15) is 0 Å². The van der Waals surface area contributed by atoms with Gasteiger partial charge in [0.05, 0.1) is 5.92 Å². The molecule has 0 radical (unpaired) electrons. The van der Waals surface area contributed by atoms with Crippen molar-refractivity contribution < 1.29 is 4.79 Å². The minimum absolute atomic E-state index is 0.00888. The largest absolute Gasteiger partial charge is 0.299 e. The summed E-state index contributed by atoms with van der Waals surface area (Å²) in [6.45, 7) is 0. The second kappa shape index (κ2) is 4.85. The van der Waals surface area contributed by atoms with E-state index in [1.807, 2.05) is 12.1 Å². The summed E-state index contributed by atoms with van der Waals surface area (Å²) in [6, 6.07) is 20.9. The molecule has 4 rings (SSSR count). The van der Waals surface area contributed by atoms with Crippen molar-refractivity contribution in [3.05, 3.63) is 89.5 Å². The monoisotopic (exact) mass is 272 g/mol. The fourth-order valence-electron chi connectivity index (χ4n) is 3.54. The minimum atomic E-state index is -0.00888. The molecule has 2 aliphatic rings. The molecule has 1 nitrogen and oxygen atoms in total. The predicted octanol–water partition coefficient (Wildman–Crippen LogP) is 4.26. The van der Waals surface area contributed by atoms with Crippen LogP contribution < -0.4 is 0 Å². The van der Waals surface area contributed by atoms with Crippen molar-refractivity contribution in [2.24, 2.45) is 11.8 Å². The number of Topliss-reactive ketones (excluding diaryl/α,β-unsaturated/α-hetero) is 1. The van der Waals surface area contributed by atoms with Gasteiger partial charge in [-0.3, -0.25) is 4.79 Å². The van der Waals surface area contributed by atoms with Crippen LogP contribution >= 0.6 is 0 Å². The summed E-state index contributed by atoms with van der Waals surface area (Å²) in [5.74, 6) is 0.644. The van der Waals surface area contributed by atoms with E-state index in [2.05, 4.69) is 60.7 Å². The van der Waals surface area contributed by atoms with Crippen molar-refractivity contribution in [2.75, 3.05) is 0 Å². The smallest absolute Gasteiger partial charge is 0.144 e. The third-order valence-electron chi connectivity index (χ3n) is 4.45. The molecular formula is C20H16O. The zero-order valence-electron chi connectivity index (χ0n) is 11.7. The molecule has 2 aliphatic carbocycles. The Balaban J connectivity index is 1.96. The Kier molecular flexibility index (Phi) is 2.85. The van der Waals surface area contributed by atoms with E-state index >= 15 is 0 Å². The van der Waals surface area contributed by atoms with Crippen LogP contribution in [-0.4, -0.2) is 5.78 Å². The standard InChI is InChI=1S/C20H16O/c21-18-13-16-11-12-17(18)20(16)19(14-7-3-1-4-8-14)15-9-5-2-6-10-15/h1-12,16-17H,13H2. The van der Waals surface area contributed by atoms with Crippen LogP contribution in [0, 0.1) is 11.8 Å². The van der Waals surface area contributed by atoms with Gasteiger partial charge in [0.25, 0.3) is 0 Å². The molecular weight excluding hydrogens is 256 g/mol. The van der Waals surface area contributed by atoms with Gasteiger partial charge in [-0.25, -0.2) is 0 Å². The number of carbonyl (C=O) groups excluding carboxylic acids is 1. The Morgan fingerprint density at radius 2 is 1.38 bits per heavy atom. The lowest BCUT2D eigenvalue weighted by Crippen LogP contribution is -2.05. The molecule has 0 aromatic heterocycles. The average Bonchev–Trinajstić information content (AvgIpc) is 3.06. The van der Waals surface area contributed by atoms with E-state index in [1.54, 1.807) is 0 Å². The molecule has 2 aromatic rings. The minimum Gasteiger partial charge on any atom is -0.299 e. The van der Waals surface area contributed by atoms with Gasteiger partial charge in [0.2, 0.25) is 0 Å². The molecule has 0 N–H and O–H groups in total. The number of fused-ring (bicyclic) bond motifs is 2. The van der Waals surface area contributed by atoms with Crippen LogP contribution in [0.5, 0.6) is 0 Å². The van der Waals surface area contributed by atoms with Crippen molar-refractivity contribution in [1.82, 2.24) is 0 Å². The molecule has 2 unspecified atom stereocenters. The molecule has 0 heterocycles. The zero-order chi connectivity index (χ0) is 14.2. The van der Waals surface area contributed by atoms with E-state index < -0.39 is 0 Å². The predicted molar refractivity (Wildman–Crippen MR) is 84.7 cm³/mol. The van der Waals surface area contributed by atoms with Crippen molar-refractivity contribution >= 4 is 11.4 Å². The average molecular weight is 272 g/mol. The van der Waals surface area contributed by atoms with Crippen molar-refractivity contribution in [3.8, 4) is 0 Å². The van der Waals surface area contributed by atoms with Gasteiger partial charge < -0.3 is 0 Å². The van der Waals surface area contributed by atoms with Crippen LogP contribution in [0.3, 0.4) is 0 Å². The summed E-state index contributed by atoms with van der Waals surface area (Å²) in [5.41, 5.74) is 4.93. The molecule has 1 fully saturated rings. The Labute approximate surface area is 124 Å². The SMILES string of the molecule is O=C1CC2C=CC1C2=C(c1ccccc1)c1ccccc1. The second-order valence-electron chi connectivity index (χ2n) is 5.70. The van der Waals surface area contributed by atoms with Gasteiger partial charge >= 0.3 is 0 Å². The number of ketones is 1. The maximum atomic E-state index is 12.1. The van der Waals surface area contributed by atoms with Gasteiger partial charge in [-0.1, -0.05) is 72.8 Å². The first kappa shape index (κ1) is 12.3. The molecule has 0 aliphatic heterocycles. The Bertz CT molecular complexity index is 696. The van der Waals surface area contributed by atoms with Gasteiger partial charge in [0.1, 0.15) is 5.78 Å². The number of rotatable bonds is 2. The quantitative estimate of drug-likeness (QED) is 0.746. The highest BCUT2D eigenvalue weighted by atomic mass is 16.1. The summed E-state index contributed by atoms with van der Waals surface area (Å²) >= 11 is 0. The number of allylic oxidation sites excluding steroid dienone is 3. The van der Waals surface area contributed by atoms with Gasteiger partial charge in [-0.05, 0) is 22.3 Å². The number of hydrogen-bond acceptors (Lipinski definition) is 1.